The molecule has 0 saturated carbocycles. The van der Waals surface area contributed by atoms with Crippen molar-refractivity contribution in [2.45, 2.75) is 6.54 Å². The van der Waals surface area contributed by atoms with Crippen LogP contribution < -0.4 is 9.47 Å². The molecule has 0 spiro atoms. The summed E-state index contributed by atoms with van der Waals surface area (Å²) >= 11 is 0. The standard InChI is InChI=1S/C8H13N3O3/c1-11(12)5-7-9-4-6(13-2)8(10-7)14-3/h4,12H,5H2,1-3H3. The highest BCUT2D eigenvalue weighted by molar-refractivity contribution is 5.30. The highest BCUT2D eigenvalue weighted by Gasteiger charge is 2.08. The third-order valence-corrected chi connectivity index (χ3v) is 1.56. The second-order valence-corrected chi connectivity index (χ2v) is 2.68. The average Bonchev–Trinajstić information content (AvgIpc) is 2.16. The third kappa shape index (κ3) is 2.54. The quantitative estimate of drug-likeness (QED) is 0.704. The Bertz CT molecular complexity index is 304. The summed E-state index contributed by atoms with van der Waals surface area (Å²) in [6.07, 6.45) is 1.50. The predicted molar refractivity (Wildman–Crippen MR) is 48.4 cm³/mol. The van der Waals surface area contributed by atoms with E-state index in [-0.39, 0.29) is 6.54 Å². The van der Waals surface area contributed by atoms with Crippen LogP contribution in [0.4, 0.5) is 0 Å². The van der Waals surface area contributed by atoms with Crippen LogP contribution in [-0.2, 0) is 6.54 Å². The Balaban J connectivity index is 2.89. The fourth-order valence-corrected chi connectivity index (χ4v) is 0.957. The molecule has 0 amide bonds. The molecule has 0 aliphatic carbocycles. The molecule has 0 atom stereocenters. The van der Waals surface area contributed by atoms with Crippen LogP contribution in [0.1, 0.15) is 5.82 Å². The summed E-state index contributed by atoms with van der Waals surface area (Å²) in [6, 6.07) is 0. The smallest absolute Gasteiger partial charge is 0.260 e. The van der Waals surface area contributed by atoms with Crippen LogP contribution in [0.25, 0.3) is 0 Å². The SMILES string of the molecule is COc1cnc(CN(C)O)nc1OC. The van der Waals surface area contributed by atoms with Crippen molar-refractivity contribution in [2.75, 3.05) is 21.3 Å². The molecule has 0 saturated heterocycles. The van der Waals surface area contributed by atoms with Crippen LogP contribution >= 0.6 is 0 Å². The first-order valence-electron chi connectivity index (χ1n) is 4.01. The number of rotatable bonds is 4. The normalized spacial score (nSPS) is 10.4. The van der Waals surface area contributed by atoms with Gasteiger partial charge in [-0.25, -0.2) is 4.98 Å². The maximum Gasteiger partial charge on any atom is 0.260 e. The van der Waals surface area contributed by atoms with Gasteiger partial charge in [0.05, 0.1) is 27.0 Å². The molecule has 78 valence electrons. The first-order valence-corrected chi connectivity index (χ1v) is 4.01. The third-order valence-electron chi connectivity index (χ3n) is 1.56. The predicted octanol–water partition coefficient (Wildman–Crippen LogP) is 0.315. The Labute approximate surface area is 82.1 Å². The summed E-state index contributed by atoms with van der Waals surface area (Å²) in [6.45, 7) is 0.236. The maximum atomic E-state index is 8.98. The summed E-state index contributed by atoms with van der Waals surface area (Å²) in [5, 5.41) is 9.96. The molecule has 1 N–H and O–H groups in total. The van der Waals surface area contributed by atoms with Gasteiger partial charge in [0.2, 0.25) is 0 Å². The van der Waals surface area contributed by atoms with Gasteiger partial charge in [0.25, 0.3) is 5.88 Å². The summed E-state index contributed by atoms with van der Waals surface area (Å²) < 4.78 is 9.95. The van der Waals surface area contributed by atoms with Gasteiger partial charge in [0.15, 0.2) is 5.75 Å². The van der Waals surface area contributed by atoms with Crippen molar-refractivity contribution in [3.63, 3.8) is 0 Å². The molecule has 1 aromatic rings. The Kier molecular flexibility index (Phi) is 3.61. The van der Waals surface area contributed by atoms with Crippen molar-refractivity contribution in [3.05, 3.63) is 12.0 Å². The van der Waals surface area contributed by atoms with E-state index in [0.29, 0.717) is 17.5 Å². The van der Waals surface area contributed by atoms with Crippen molar-refractivity contribution < 1.29 is 14.7 Å². The first kappa shape index (κ1) is 10.7. The van der Waals surface area contributed by atoms with Crippen LogP contribution in [0.2, 0.25) is 0 Å². The van der Waals surface area contributed by atoms with Crippen molar-refractivity contribution in [1.82, 2.24) is 15.0 Å². The molecule has 0 fully saturated rings. The largest absolute Gasteiger partial charge is 0.490 e. The fraction of sp³-hybridized carbons (Fsp3) is 0.500. The molecule has 0 unspecified atom stereocenters. The second kappa shape index (κ2) is 4.73. The lowest BCUT2D eigenvalue weighted by Gasteiger charge is -2.09. The number of hydrogen-bond acceptors (Lipinski definition) is 6. The average molecular weight is 199 g/mol. The van der Waals surface area contributed by atoms with Crippen LogP contribution in [-0.4, -0.2) is 41.5 Å². The molecule has 0 bridgehead atoms. The summed E-state index contributed by atoms with van der Waals surface area (Å²) in [7, 11) is 4.52. The van der Waals surface area contributed by atoms with Gasteiger partial charge in [-0.2, -0.15) is 10.0 Å². The minimum Gasteiger partial charge on any atom is -0.490 e. The van der Waals surface area contributed by atoms with Gasteiger partial charge in [0.1, 0.15) is 5.82 Å². The lowest BCUT2D eigenvalue weighted by molar-refractivity contribution is -0.0751. The molecule has 0 radical (unpaired) electrons. The Morgan fingerprint density at radius 1 is 1.43 bits per heavy atom. The lowest BCUT2D eigenvalue weighted by Crippen LogP contribution is -2.14. The Morgan fingerprint density at radius 3 is 2.64 bits per heavy atom. The van der Waals surface area contributed by atoms with Crippen molar-refractivity contribution >= 4 is 0 Å². The molecule has 0 aromatic carbocycles. The van der Waals surface area contributed by atoms with E-state index in [9.17, 15) is 0 Å². The number of methoxy groups -OCH3 is 2. The highest BCUT2D eigenvalue weighted by Crippen LogP contribution is 2.22. The zero-order valence-corrected chi connectivity index (χ0v) is 8.39. The molecule has 6 nitrogen and oxygen atoms in total. The van der Waals surface area contributed by atoms with Crippen LogP contribution in [0.15, 0.2) is 6.20 Å². The van der Waals surface area contributed by atoms with Gasteiger partial charge in [-0.05, 0) is 0 Å². The van der Waals surface area contributed by atoms with Gasteiger partial charge >= 0.3 is 0 Å². The highest BCUT2D eigenvalue weighted by atomic mass is 16.5. The van der Waals surface area contributed by atoms with Crippen LogP contribution in [0, 0.1) is 0 Å². The van der Waals surface area contributed by atoms with Gasteiger partial charge < -0.3 is 14.7 Å². The van der Waals surface area contributed by atoms with E-state index >= 15 is 0 Å². The molecule has 0 aliphatic rings. The van der Waals surface area contributed by atoms with Gasteiger partial charge in [-0.3, -0.25) is 0 Å². The van der Waals surface area contributed by atoms with E-state index in [0.717, 1.165) is 5.06 Å². The van der Waals surface area contributed by atoms with Crippen molar-refractivity contribution in [3.8, 4) is 11.6 Å². The van der Waals surface area contributed by atoms with E-state index in [2.05, 4.69) is 9.97 Å². The summed E-state index contributed by atoms with van der Waals surface area (Å²) in [4.78, 5) is 8.02. The molecule has 1 aromatic heterocycles. The van der Waals surface area contributed by atoms with Gasteiger partial charge in [-0.1, -0.05) is 0 Å². The Morgan fingerprint density at radius 2 is 2.14 bits per heavy atom. The first-order chi connectivity index (χ1) is 6.67. The molecular weight excluding hydrogens is 186 g/mol. The van der Waals surface area contributed by atoms with E-state index in [4.69, 9.17) is 14.7 Å². The molecule has 6 heteroatoms. The number of nitrogens with zero attached hydrogens (tertiary/aromatic N) is 3. The van der Waals surface area contributed by atoms with Crippen molar-refractivity contribution in [1.29, 1.82) is 0 Å². The monoisotopic (exact) mass is 199 g/mol. The minimum atomic E-state index is 0.236. The topological polar surface area (TPSA) is 67.7 Å². The van der Waals surface area contributed by atoms with E-state index < -0.39 is 0 Å². The minimum absolute atomic E-state index is 0.236. The summed E-state index contributed by atoms with van der Waals surface area (Å²) in [5.41, 5.74) is 0. The number of hydroxylamine groups is 2. The van der Waals surface area contributed by atoms with E-state index in [1.807, 2.05) is 0 Å². The number of ether oxygens (including phenoxy) is 2. The zero-order chi connectivity index (χ0) is 10.6. The molecule has 0 aliphatic heterocycles. The number of aromatic nitrogens is 2. The molecule has 1 heterocycles. The fourth-order valence-electron chi connectivity index (χ4n) is 0.957. The van der Waals surface area contributed by atoms with E-state index in [1.165, 1.54) is 27.5 Å². The van der Waals surface area contributed by atoms with Gasteiger partial charge in [0, 0.05) is 7.05 Å². The van der Waals surface area contributed by atoms with Crippen molar-refractivity contribution in [2.24, 2.45) is 0 Å². The molecule has 1 rings (SSSR count). The van der Waals surface area contributed by atoms with Crippen LogP contribution in [0.3, 0.4) is 0 Å². The van der Waals surface area contributed by atoms with Crippen LogP contribution in [0.5, 0.6) is 11.6 Å². The second-order valence-electron chi connectivity index (χ2n) is 2.68. The summed E-state index contributed by atoms with van der Waals surface area (Å²) in [5.74, 6) is 1.30. The van der Waals surface area contributed by atoms with E-state index in [1.54, 1.807) is 0 Å². The Hall–Kier alpha value is -1.40. The lowest BCUT2D eigenvalue weighted by atomic mass is 10.5. The number of hydrogen-bond donors (Lipinski definition) is 1. The maximum absolute atomic E-state index is 8.98. The zero-order valence-electron chi connectivity index (χ0n) is 8.39. The molecule has 14 heavy (non-hydrogen) atoms. The molecular formula is C8H13N3O3. The van der Waals surface area contributed by atoms with Gasteiger partial charge in [-0.15, -0.1) is 0 Å².